The molecule has 0 unspecified atom stereocenters. The molecule has 0 fully saturated rings. The number of ether oxygens (including phenoxy) is 2. The zero-order chi connectivity index (χ0) is 16.8. The van der Waals surface area contributed by atoms with Crippen LogP contribution in [0.25, 0.3) is 11.1 Å². The highest BCUT2D eigenvalue weighted by atomic mass is 127. The van der Waals surface area contributed by atoms with Crippen molar-refractivity contribution in [1.29, 1.82) is 0 Å². The Morgan fingerprint density at radius 1 is 0.875 bits per heavy atom. The molecule has 3 aromatic rings. The summed E-state index contributed by atoms with van der Waals surface area (Å²) >= 11 is 2.17. The number of esters is 1. The molecule has 3 nitrogen and oxygen atoms in total. The van der Waals surface area contributed by atoms with Crippen LogP contribution in [0.5, 0.6) is 11.5 Å². The number of rotatable bonds is 5. The van der Waals surface area contributed by atoms with Crippen LogP contribution in [-0.2, 0) is 4.79 Å². The second kappa shape index (κ2) is 7.97. The third-order valence-electron chi connectivity index (χ3n) is 3.35. The molecule has 0 amide bonds. The normalized spacial score (nSPS) is 10.2. The Balaban J connectivity index is 1.68. The molecule has 0 aliphatic carbocycles. The highest BCUT2D eigenvalue weighted by molar-refractivity contribution is 14.1. The summed E-state index contributed by atoms with van der Waals surface area (Å²) in [5, 5.41) is 0. The van der Waals surface area contributed by atoms with Gasteiger partial charge in [0.05, 0.1) is 0 Å². The van der Waals surface area contributed by atoms with E-state index in [1.807, 2.05) is 66.7 Å². The Hall–Kier alpha value is -2.34. The molecule has 0 aromatic heterocycles. The third-order valence-corrected chi connectivity index (χ3v) is 4.02. The summed E-state index contributed by atoms with van der Waals surface area (Å²) in [6.45, 7) is -0.144. The number of carbonyl (C=O) groups is 1. The van der Waals surface area contributed by atoms with Crippen LogP contribution < -0.4 is 9.47 Å². The Morgan fingerprint density at radius 2 is 1.62 bits per heavy atom. The lowest BCUT2D eigenvalue weighted by atomic mass is 10.1. The lowest BCUT2D eigenvalue weighted by molar-refractivity contribution is -0.136. The smallest absolute Gasteiger partial charge is 0.349 e. The summed E-state index contributed by atoms with van der Waals surface area (Å²) in [4.78, 5) is 12.0. The molecular formula is C20H15IO3. The molecule has 0 heterocycles. The van der Waals surface area contributed by atoms with Crippen LogP contribution in [0.15, 0.2) is 78.9 Å². The number of halogens is 1. The fourth-order valence-corrected chi connectivity index (χ4v) is 2.79. The second-order valence-corrected chi connectivity index (χ2v) is 6.33. The van der Waals surface area contributed by atoms with Gasteiger partial charge >= 0.3 is 5.97 Å². The molecule has 0 saturated carbocycles. The van der Waals surface area contributed by atoms with Gasteiger partial charge in [-0.15, -0.1) is 0 Å². The van der Waals surface area contributed by atoms with Crippen molar-refractivity contribution in [2.45, 2.75) is 0 Å². The average Bonchev–Trinajstić information content (AvgIpc) is 2.61. The standard InChI is InChI=1S/C20H15IO3/c21-16-9-6-10-17(13-16)24-20(22)14-23-19-12-5-4-11-18(19)15-7-2-1-3-8-15/h1-13H,14H2. The van der Waals surface area contributed by atoms with Gasteiger partial charge in [-0.3, -0.25) is 0 Å². The Morgan fingerprint density at radius 3 is 2.42 bits per heavy atom. The molecule has 0 radical (unpaired) electrons. The number of para-hydroxylation sites is 1. The van der Waals surface area contributed by atoms with Gasteiger partial charge in [0.1, 0.15) is 11.5 Å². The summed E-state index contributed by atoms with van der Waals surface area (Å²) in [7, 11) is 0. The van der Waals surface area contributed by atoms with Crippen molar-refractivity contribution in [2.24, 2.45) is 0 Å². The van der Waals surface area contributed by atoms with E-state index in [4.69, 9.17) is 9.47 Å². The predicted molar refractivity (Wildman–Crippen MR) is 102 cm³/mol. The van der Waals surface area contributed by atoms with Crippen molar-refractivity contribution in [3.63, 3.8) is 0 Å². The number of hydrogen-bond acceptors (Lipinski definition) is 3. The minimum Gasteiger partial charge on any atom is -0.481 e. The minimum atomic E-state index is -0.431. The fourth-order valence-electron chi connectivity index (χ4n) is 2.28. The summed E-state index contributed by atoms with van der Waals surface area (Å²) in [6, 6.07) is 24.9. The van der Waals surface area contributed by atoms with Gasteiger partial charge in [0, 0.05) is 9.13 Å². The minimum absolute atomic E-state index is 0.144. The van der Waals surface area contributed by atoms with Crippen molar-refractivity contribution in [1.82, 2.24) is 0 Å². The van der Waals surface area contributed by atoms with Gasteiger partial charge < -0.3 is 9.47 Å². The summed E-state index contributed by atoms with van der Waals surface area (Å²) in [5.41, 5.74) is 1.99. The number of benzene rings is 3. The van der Waals surface area contributed by atoms with Crippen molar-refractivity contribution < 1.29 is 14.3 Å². The Bertz CT molecular complexity index is 831. The van der Waals surface area contributed by atoms with Gasteiger partial charge in [-0.1, -0.05) is 54.6 Å². The molecule has 4 heteroatoms. The molecule has 0 spiro atoms. The monoisotopic (exact) mass is 430 g/mol. The molecular weight excluding hydrogens is 415 g/mol. The van der Waals surface area contributed by atoms with Crippen molar-refractivity contribution in [2.75, 3.05) is 6.61 Å². The maximum Gasteiger partial charge on any atom is 0.349 e. The van der Waals surface area contributed by atoms with Crippen LogP contribution in [-0.4, -0.2) is 12.6 Å². The SMILES string of the molecule is O=C(COc1ccccc1-c1ccccc1)Oc1cccc(I)c1. The molecule has 0 N–H and O–H groups in total. The van der Waals surface area contributed by atoms with E-state index in [2.05, 4.69) is 22.6 Å². The molecule has 0 bridgehead atoms. The van der Waals surface area contributed by atoms with Crippen molar-refractivity contribution in [3.05, 3.63) is 82.4 Å². The number of hydrogen-bond donors (Lipinski definition) is 0. The van der Waals surface area contributed by atoms with Crippen LogP contribution in [0.2, 0.25) is 0 Å². The van der Waals surface area contributed by atoms with E-state index >= 15 is 0 Å². The Kier molecular flexibility index (Phi) is 5.48. The van der Waals surface area contributed by atoms with Crippen LogP contribution in [0.4, 0.5) is 0 Å². The van der Waals surface area contributed by atoms with Gasteiger partial charge in [-0.05, 0) is 52.4 Å². The summed E-state index contributed by atoms with van der Waals surface area (Å²) in [5.74, 6) is 0.745. The first kappa shape index (κ1) is 16.5. The largest absolute Gasteiger partial charge is 0.481 e. The first-order valence-corrected chi connectivity index (χ1v) is 8.54. The van der Waals surface area contributed by atoms with Crippen molar-refractivity contribution >= 4 is 28.6 Å². The van der Waals surface area contributed by atoms with E-state index in [9.17, 15) is 4.79 Å². The fraction of sp³-hybridized carbons (Fsp3) is 0.0500. The van der Waals surface area contributed by atoms with Gasteiger partial charge in [0.25, 0.3) is 0 Å². The third kappa shape index (κ3) is 4.35. The first-order valence-electron chi connectivity index (χ1n) is 7.46. The van der Waals surface area contributed by atoms with Gasteiger partial charge in [-0.25, -0.2) is 4.79 Å². The van der Waals surface area contributed by atoms with Crippen LogP contribution in [0, 0.1) is 3.57 Å². The van der Waals surface area contributed by atoms with E-state index in [0.29, 0.717) is 11.5 Å². The summed E-state index contributed by atoms with van der Waals surface area (Å²) < 4.78 is 12.0. The van der Waals surface area contributed by atoms with E-state index in [1.54, 1.807) is 12.1 Å². The topological polar surface area (TPSA) is 35.5 Å². The summed E-state index contributed by atoms with van der Waals surface area (Å²) in [6.07, 6.45) is 0. The zero-order valence-electron chi connectivity index (χ0n) is 12.8. The molecule has 3 aromatic carbocycles. The molecule has 0 saturated heterocycles. The predicted octanol–water partition coefficient (Wildman–Crippen LogP) is 4.94. The highest BCUT2D eigenvalue weighted by Crippen LogP contribution is 2.29. The van der Waals surface area contributed by atoms with Gasteiger partial charge in [0.15, 0.2) is 6.61 Å². The van der Waals surface area contributed by atoms with E-state index in [-0.39, 0.29) is 6.61 Å². The lowest BCUT2D eigenvalue weighted by Gasteiger charge is -2.11. The average molecular weight is 430 g/mol. The van der Waals surface area contributed by atoms with E-state index in [0.717, 1.165) is 14.7 Å². The maximum atomic E-state index is 12.0. The lowest BCUT2D eigenvalue weighted by Crippen LogP contribution is -2.18. The Labute approximate surface area is 154 Å². The van der Waals surface area contributed by atoms with Gasteiger partial charge in [-0.2, -0.15) is 0 Å². The van der Waals surface area contributed by atoms with Crippen molar-refractivity contribution in [3.8, 4) is 22.6 Å². The molecule has 24 heavy (non-hydrogen) atoms. The van der Waals surface area contributed by atoms with Gasteiger partial charge in [0.2, 0.25) is 0 Å². The zero-order valence-corrected chi connectivity index (χ0v) is 15.0. The van der Waals surface area contributed by atoms with Crippen LogP contribution >= 0.6 is 22.6 Å². The quantitative estimate of drug-likeness (QED) is 0.327. The first-order chi connectivity index (χ1) is 11.7. The van der Waals surface area contributed by atoms with Crippen LogP contribution in [0.1, 0.15) is 0 Å². The number of carbonyl (C=O) groups excluding carboxylic acids is 1. The highest BCUT2D eigenvalue weighted by Gasteiger charge is 2.10. The molecule has 0 aliphatic rings. The molecule has 0 atom stereocenters. The molecule has 0 aliphatic heterocycles. The van der Waals surface area contributed by atoms with E-state index in [1.165, 1.54) is 0 Å². The second-order valence-electron chi connectivity index (χ2n) is 5.08. The van der Waals surface area contributed by atoms with Crippen LogP contribution in [0.3, 0.4) is 0 Å². The molecule has 120 valence electrons. The maximum absolute atomic E-state index is 12.0. The van der Waals surface area contributed by atoms with E-state index < -0.39 is 5.97 Å². The molecule has 3 rings (SSSR count).